The Bertz CT molecular complexity index is 526. The summed E-state index contributed by atoms with van der Waals surface area (Å²) in [7, 11) is 0. The van der Waals surface area contributed by atoms with Crippen LogP contribution in [0.3, 0.4) is 0 Å². The molecule has 1 aromatic carbocycles. The molecule has 0 saturated heterocycles. The lowest BCUT2D eigenvalue weighted by molar-refractivity contribution is 0.103. The van der Waals surface area contributed by atoms with Crippen molar-refractivity contribution in [3.05, 3.63) is 62.8 Å². The number of carbonyl (C=O) groups is 1. The van der Waals surface area contributed by atoms with Gasteiger partial charge >= 0.3 is 0 Å². The largest absolute Gasteiger partial charge is 0.287 e. The molecule has 0 unspecified atom stereocenters. The van der Waals surface area contributed by atoms with Gasteiger partial charge in [-0.15, -0.1) is 0 Å². The molecular formula is C12H7Br2NO. The lowest BCUT2D eigenvalue weighted by Gasteiger charge is -2.02. The number of pyridine rings is 1. The first-order valence-corrected chi connectivity index (χ1v) is 6.18. The van der Waals surface area contributed by atoms with E-state index >= 15 is 0 Å². The molecule has 2 nitrogen and oxygen atoms in total. The fraction of sp³-hybridized carbons (Fsp3) is 0. The minimum atomic E-state index is -0.0834. The molecule has 1 heterocycles. The Morgan fingerprint density at radius 1 is 1.12 bits per heavy atom. The monoisotopic (exact) mass is 339 g/mol. The number of halogens is 2. The van der Waals surface area contributed by atoms with Crippen LogP contribution in [0.1, 0.15) is 16.1 Å². The van der Waals surface area contributed by atoms with Crippen LogP contribution in [0.15, 0.2) is 51.5 Å². The normalized spacial score (nSPS) is 10.1. The molecule has 0 aliphatic heterocycles. The van der Waals surface area contributed by atoms with Crippen LogP contribution in [-0.2, 0) is 0 Å². The summed E-state index contributed by atoms with van der Waals surface area (Å²) in [6.07, 6.45) is 1.61. The minimum Gasteiger partial charge on any atom is -0.287 e. The first-order valence-electron chi connectivity index (χ1n) is 4.59. The summed E-state index contributed by atoms with van der Waals surface area (Å²) < 4.78 is 1.53. The van der Waals surface area contributed by atoms with Gasteiger partial charge in [0.1, 0.15) is 5.69 Å². The van der Waals surface area contributed by atoms with Gasteiger partial charge in [-0.05, 0) is 37.9 Å². The first kappa shape index (κ1) is 11.5. The number of nitrogens with zero attached hydrogens (tertiary/aromatic N) is 1. The molecular weight excluding hydrogens is 334 g/mol. The number of carbonyl (C=O) groups excluding carboxylic acids is 1. The smallest absolute Gasteiger partial charge is 0.212 e. The number of hydrogen-bond donors (Lipinski definition) is 0. The number of aromatic nitrogens is 1. The Hall–Kier alpha value is -1.00. The zero-order valence-electron chi connectivity index (χ0n) is 8.15. The molecule has 0 aliphatic rings. The highest BCUT2D eigenvalue weighted by Crippen LogP contribution is 2.21. The average molecular weight is 341 g/mol. The highest BCUT2D eigenvalue weighted by Gasteiger charge is 2.13. The van der Waals surface area contributed by atoms with Crippen LogP contribution in [-0.4, -0.2) is 10.8 Å². The highest BCUT2D eigenvalue weighted by atomic mass is 79.9. The van der Waals surface area contributed by atoms with E-state index < -0.39 is 0 Å². The minimum absolute atomic E-state index is 0.0834. The third kappa shape index (κ3) is 2.39. The lowest BCUT2D eigenvalue weighted by Crippen LogP contribution is -2.04. The molecule has 0 amide bonds. The van der Waals surface area contributed by atoms with Crippen LogP contribution < -0.4 is 0 Å². The topological polar surface area (TPSA) is 30.0 Å². The molecule has 16 heavy (non-hydrogen) atoms. The molecule has 0 radical (unpaired) electrons. The van der Waals surface area contributed by atoms with Crippen molar-refractivity contribution in [2.75, 3.05) is 0 Å². The average Bonchev–Trinajstić information content (AvgIpc) is 2.29. The molecule has 4 heteroatoms. The Morgan fingerprint density at radius 2 is 1.81 bits per heavy atom. The number of benzene rings is 1. The molecule has 0 bridgehead atoms. The van der Waals surface area contributed by atoms with Gasteiger partial charge in [0.05, 0.1) is 0 Å². The summed E-state index contributed by atoms with van der Waals surface area (Å²) in [4.78, 5) is 16.2. The van der Waals surface area contributed by atoms with Gasteiger partial charge < -0.3 is 0 Å². The fourth-order valence-electron chi connectivity index (χ4n) is 1.31. The van der Waals surface area contributed by atoms with Gasteiger partial charge in [0.25, 0.3) is 0 Å². The van der Waals surface area contributed by atoms with Crippen LogP contribution in [0.25, 0.3) is 0 Å². The summed E-state index contributed by atoms with van der Waals surface area (Å²) in [5.74, 6) is -0.0834. The fourth-order valence-corrected chi connectivity index (χ4v) is 2.48. The van der Waals surface area contributed by atoms with Crippen molar-refractivity contribution in [1.29, 1.82) is 0 Å². The van der Waals surface area contributed by atoms with E-state index in [1.807, 2.05) is 24.3 Å². The molecule has 1 aromatic heterocycles. The van der Waals surface area contributed by atoms with E-state index in [2.05, 4.69) is 36.8 Å². The molecule has 0 fully saturated rings. The quantitative estimate of drug-likeness (QED) is 0.777. The summed E-state index contributed by atoms with van der Waals surface area (Å²) >= 11 is 6.63. The molecule has 0 spiro atoms. The lowest BCUT2D eigenvalue weighted by atomic mass is 10.1. The van der Waals surface area contributed by atoms with Gasteiger partial charge in [0.15, 0.2) is 0 Å². The summed E-state index contributed by atoms with van der Waals surface area (Å²) in [6, 6.07) is 10.9. The van der Waals surface area contributed by atoms with Crippen molar-refractivity contribution in [3.63, 3.8) is 0 Å². The maximum absolute atomic E-state index is 12.1. The Kier molecular flexibility index (Phi) is 3.51. The summed E-state index contributed by atoms with van der Waals surface area (Å²) in [5.41, 5.74) is 1.06. The van der Waals surface area contributed by atoms with Crippen molar-refractivity contribution in [3.8, 4) is 0 Å². The van der Waals surface area contributed by atoms with E-state index in [-0.39, 0.29) is 5.78 Å². The van der Waals surface area contributed by atoms with E-state index in [9.17, 15) is 4.79 Å². The predicted octanol–water partition coefficient (Wildman–Crippen LogP) is 3.84. The highest BCUT2D eigenvalue weighted by molar-refractivity contribution is 9.11. The van der Waals surface area contributed by atoms with Gasteiger partial charge in [-0.2, -0.15) is 0 Å². The van der Waals surface area contributed by atoms with Gasteiger partial charge in [-0.25, -0.2) is 0 Å². The maximum atomic E-state index is 12.1. The van der Waals surface area contributed by atoms with Crippen molar-refractivity contribution < 1.29 is 4.79 Å². The van der Waals surface area contributed by atoms with Crippen LogP contribution in [0.5, 0.6) is 0 Å². The van der Waals surface area contributed by atoms with Crippen LogP contribution in [0.4, 0.5) is 0 Å². The predicted molar refractivity (Wildman–Crippen MR) is 69.5 cm³/mol. The van der Waals surface area contributed by atoms with Gasteiger partial charge in [0.2, 0.25) is 5.78 Å². The van der Waals surface area contributed by atoms with Crippen molar-refractivity contribution >= 4 is 37.6 Å². The van der Waals surface area contributed by atoms with Crippen LogP contribution >= 0.6 is 31.9 Å². The SMILES string of the molecule is O=C(c1ccccc1)c1ncc(Br)cc1Br. The zero-order valence-corrected chi connectivity index (χ0v) is 11.3. The number of rotatable bonds is 2. The van der Waals surface area contributed by atoms with E-state index in [0.717, 1.165) is 4.47 Å². The molecule has 80 valence electrons. The maximum Gasteiger partial charge on any atom is 0.212 e. The van der Waals surface area contributed by atoms with E-state index in [1.165, 1.54) is 0 Å². The third-order valence-electron chi connectivity index (χ3n) is 2.06. The van der Waals surface area contributed by atoms with Crippen molar-refractivity contribution in [1.82, 2.24) is 4.98 Å². The second kappa shape index (κ2) is 4.89. The van der Waals surface area contributed by atoms with E-state index in [4.69, 9.17) is 0 Å². The number of hydrogen-bond acceptors (Lipinski definition) is 2. The second-order valence-corrected chi connectivity index (χ2v) is 4.95. The Morgan fingerprint density at radius 3 is 2.44 bits per heavy atom. The standard InChI is InChI=1S/C12H7Br2NO/c13-9-6-10(14)11(15-7-9)12(16)8-4-2-1-3-5-8/h1-7H. The van der Waals surface area contributed by atoms with Crippen molar-refractivity contribution in [2.24, 2.45) is 0 Å². The molecule has 0 aliphatic carbocycles. The van der Waals surface area contributed by atoms with Crippen molar-refractivity contribution in [2.45, 2.75) is 0 Å². The third-order valence-corrected chi connectivity index (χ3v) is 3.10. The summed E-state index contributed by atoms with van der Waals surface area (Å²) in [5, 5.41) is 0. The molecule has 2 rings (SSSR count). The van der Waals surface area contributed by atoms with E-state index in [0.29, 0.717) is 15.7 Å². The van der Waals surface area contributed by atoms with Gasteiger partial charge in [0, 0.05) is 20.7 Å². The molecule has 0 atom stereocenters. The van der Waals surface area contributed by atoms with Gasteiger partial charge in [-0.1, -0.05) is 30.3 Å². The number of ketones is 1. The van der Waals surface area contributed by atoms with Crippen LogP contribution in [0.2, 0.25) is 0 Å². The van der Waals surface area contributed by atoms with Crippen LogP contribution in [0, 0.1) is 0 Å². The van der Waals surface area contributed by atoms with Gasteiger partial charge in [-0.3, -0.25) is 9.78 Å². The molecule has 0 N–H and O–H groups in total. The Labute approximate surface area is 110 Å². The first-order chi connectivity index (χ1) is 7.68. The van der Waals surface area contributed by atoms with E-state index in [1.54, 1.807) is 18.3 Å². The molecule has 0 saturated carbocycles. The Balaban J connectivity index is 2.42. The molecule has 2 aromatic rings. The zero-order chi connectivity index (χ0) is 11.5. The summed E-state index contributed by atoms with van der Waals surface area (Å²) in [6.45, 7) is 0. The second-order valence-electron chi connectivity index (χ2n) is 3.18.